The standard InChI is InChI=1S/2C2H3N.3CO.2HI.Mo/c2*1-2-3;3*1-2;;;/h2*1H3;;;;2*1H;/q;;;;;;;+2/p-2. The first-order valence-corrected chi connectivity index (χ1v) is 14.3. The van der Waals surface area contributed by atoms with Crippen LogP contribution in [0.3, 0.4) is 0 Å². The molecule has 0 aliphatic rings. The second kappa shape index (κ2) is 228. The fourth-order valence-corrected chi connectivity index (χ4v) is 0. The molecule has 0 radical (unpaired) electrons. The second-order valence-corrected chi connectivity index (χ2v) is 16.0. The monoisotopic (exact) mass is 518 g/mol. The molecule has 0 rings (SSSR count). The molecular weight excluding hydrogens is 510 g/mol. The quantitative estimate of drug-likeness (QED) is 0.214. The molecule has 8 heteroatoms. The number of hydrogen-bond donors (Lipinski definition) is 0. The number of nitriles is 2. The maximum atomic E-state index is 7.50. The Kier molecular flexibility index (Phi) is 550. The third-order valence-corrected chi connectivity index (χ3v) is 0. The van der Waals surface area contributed by atoms with Gasteiger partial charge in [-0.05, 0) is 0 Å². The van der Waals surface area contributed by atoms with E-state index in [1.807, 2.05) is 0 Å². The number of halogens is 2. The van der Waals surface area contributed by atoms with Gasteiger partial charge in [-0.25, -0.2) is 0 Å². The fraction of sp³-hybridized carbons (Fsp3) is 0.286. The molecule has 0 spiro atoms. The zero-order chi connectivity index (χ0) is 14.1. The summed E-state index contributed by atoms with van der Waals surface area (Å²) >= 11 is 5.22. The van der Waals surface area contributed by atoms with Gasteiger partial charge < -0.3 is 0 Å². The molecule has 0 saturated heterocycles. The van der Waals surface area contributed by atoms with Crippen LogP contribution in [-0.4, -0.2) is 0 Å². The van der Waals surface area contributed by atoms with Gasteiger partial charge in [-0.2, -0.15) is 10.5 Å². The van der Waals surface area contributed by atoms with Crippen molar-refractivity contribution in [3.8, 4) is 12.1 Å². The predicted molar refractivity (Wildman–Crippen MR) is 62.4 cm³/mol. The zero-order valence-electron chi connectivity index (χ0n) is 7.78. The molecule has 0 heterocycles. The summed E-state index contributed by atoms with van der Waals surface area (Å²) < 4.78 is 22.5. The minimum absolute atomic E-state index is 0.410. The Morgan fingerprint density at radius 2 is 0.867 bits per heavy atom. The molecule has 0 atom stereocenters. The second-order valence-electron chi connectivity index (χ2n) is 0.506. The molecule has 0 fully saturated rings. The van der Waals surface area contributed by atoms with Crippen LogP contribution in [0.25, 0.3) is 0 Å². The molecule has 0 bridgehead atoms. The Bertz CT molecular complexity index is 167. The summed E-state index contributed by atoms with van der Waals surface area (Å²) in [5.41, 5.74) is 0. The van der Waals surface area contributed by atoms with Crippen LogP contribution in [0.15, 0.2) is 0 Å². The summed E-state index contributed by atoms with van der Waals surface area (Å²) in [4.78, 5) is 0. The molecular formula is C7H6I2MoN2O3. The molecule has 0 aromatic heterocycles. The van der Waals surface area contributed by atoms with Gasteiger partial charge in [0, 0.05) is 13.8 Å². The van der Waals surface area contributed by atoms with Crippen LogP contribution in [0.1, 0.15) is 13.8 Å². The van der Waals surface area contributed by atoms with Gasteiger partial charge in [0.1, 0.15) is 0 Å². The van der Waals surface area contributed by atoms with Crippen molar-refractivity contribution < 1.29 is 25.2 Å². The van der Waals surface area contributed by atoms with E-state index in [1.54, 1.807) is 12.1 Å². The Morgan fingerprint density at radius 1 is 0.867 bits per heavy atom. The van der Waals surface area contributed by atoms with Gasteiger partial charge in [-0.3, -0.25) is 0 Å². The minimum atomic E-state index is 0.410. The van der Waals surface area contributed by atoms with E-state index in [4.69, 9.17) is 24.5 Å². The van der Waals surface area contributed by atoms with Gasteiger partial charge in [0.15, 0.2) is 0 Å². The molecule has 0 aliphatic carbocycles. The van der Waals surface area contributed by atoms with Crippen LogP contribution in [-0.2, 0) is 25.2 Å². The van der Waals surface area contributed by atoms with Crippen molar-refractivity contribution >= 4 is 38.7 Å². The Hall–Kier alpha value is 0.348. The van der Waals surface area contributed by atoms with E-state index in [2.05, 4.69) is 58.7 Å². The fourth-order valence-electron chi connectivity index (χ4n) is 0. The van der Waals surface area contributed by atoms with E-state index in [9.17, 15) is 0 Å². The molecule has 0 aromatic rings. The summed E-state index contributed by atoms with van der Waals surface area (Å²) in [7, 11) is 0. The molecule has 0 unspecified atom stereocenters. The van der Waals surface area contributed by atoms with Crippen molar-refractivity contribution in [3.05, 3.63) is 20.0 Å². The van der Waals surface area contributed by atoms with E-state index in [0.717, 1.165) is 0 Å². The molecule has 0 aromatic carbocycles. The predicted octanol–water partition coefficient (Wildman–Crippen LogP) is 2.72. The maximum absolute atomic E-state index is 7.50. The van der Waals surface area contributed by atoms with Crippen molar-refractivity contribution in [2.45, 2.75) is 13.8 Å². The topological polar surface area (TPSA) is 107 Å². The molecule has 15 heavy (non-hydrogen) atoms. The third kappa shape index (κ3) is 18000. The van der Waals surface area contributed by atoms with E-state index >= 15 is 0 Å². The average Bonchev–Trinajstić information content (AvgIpc) is 2.29. The zero-order valence-corrected chi connectivity index (χ0v) is 14.1. The van der Waals surface area contributed by atoms with Crippen LogP contribution in [0, 0.1) is 42.6 Å². The molecule has 0 saturated carbocycles. The van der Waals surface area contributed by atoms with Gasteiger partial charge in [-0.15, -0.1) is 0 Å². The van der Waals surface area contributed by atoms with Gasteiger partial charge in [0.2, 0.25) is 0 Å². The Labute approximate surface area is 119 Å². The van der Waals surface area contributed by atoms with Gasteiger partial charge in [0.05, 0.1) is 12.1 Å². The molecule has 5 nitrogen and oxygen atoms in total. The van der Waals surface area contributed by atoms with Crippen LogP contribution in [0.2, 0.25) is 0 Å². The number of hydrogen-bond acceptors (Lipinski definition) is 2. The van der Waals surface area contributed by atoms with E-state index in [0.29, 0.717) is 11.2 Å². The van der Waals surface area contributed by atoms with Crippen molar-refractivity contribution in [2.75, 3.05) is 0 Å². The summed E-state index contributed by atoms with van der Waals surface area (Å²) in [6.07, 6.45) is 0. The van der Waals surface area contributed by atoms with Crippen LogP contribution in [0.5, 0.6) is 0 Å². The SMILES string of the molecule is CC#N.CC#N.[C-]#[O+].[C-]#[O+].[C-]#[O+].[I][Mo][I]. The van der Waals surface area contributed by atoms with Gasteiger partial charge in [-0.1, -0.05) is 0 Å². The van der Waals surface area contributed by atoms with Crippen molar-refractivity contribution in [1.29, 1.82) is 10.5 Å². The molecule has 0 aliphatic heterocycles. The summed E-state index contributed by atoms with van der Waals surface area (Å²) in [6, 6.07) is 3.50. The molecule has 82 valence electrons. The summed E-state index contributed by atoms with van der Waals surface area (Å²) in [5.74, 6) is 0. The van der Waals surface area contributed by atoms with Crippen LogP contribution < -0.4 is 0 Å². The number of rotatable bonds is 0. The van der Waals surface area contributed by atoms with Crippen LogP contribution in [0.4, 0.5) is 0 Å². The first-order chi connectivity index (χ1) is 7.24. The summed E-state index contributed by atoms with van der Waals surface area (Å²) in [5, 5.41) is 14.6. The van der Waals surface area contributed by atoms with Crippen molar-refractivity contribution in [2.24, 2.45) is 0 Å². The average molecular weight is 516 g/mol. The number of nitrogens with zero attached hydrogens (tertiary/aromatic N) is 2. The molecule has 0 N–H and O–H groups in total. The first-order valence-electron chi connectivity index (χ1n) is 2.37. The van der Waals surface area contributed by atoms with E-state index < -0.39 is 0 Å². The first kappa shape index (κ1) is 36.2. The molecule has 0 amide bonds. The normalized spacial score (nSPS) is 2.67. The van der Waals surface area contributed by atoms with Crippen molar-refractivity contribution in [1.82, 2.24) is 0 Å². The van der Waals surface area contributed by atoms with Gasteiger partial charge in [0.25, 0.3) is 0 Å². The van der Waals surface area contributed by atoms with Crippen LogP contribution >= 0.6 is 38.7 Å². The Morgan fingerprint density at radius 3 is 0.867 bits per heavy atom. The van der Waals surface area contributed by atoms with Gasteiger partial charge >= 0.3 is 83.8 Å². The van der Waals surface area contributed by atoms with Crippen molar-refractivity contribution in [3.63, 3.8) is 0 Å². The van der Waals surface area contributed by atoms with E-state index in [-0.39, 0.29) is 0 Å². The van der Waals surface area contributed by atoms with E-state index in [1.165, 1.54) is 13.8 Å². The third-order valence-electron chi connectivity index (χ3n) is 0. The summed E-state index contributed by atoms with van der Waals surface area (Å²) in [6.45, 7) is 16.4. The Balaban J connectivity index is -0.0000000164.